The molecule has 2 unspecified atom stereocenters. The summed E-state index contributed by atoms with van der Waals surface area (Å²) in [6.07, 6.45) is 3.63. The largest absolute Gasteiger partial charge is 0.393 e. The lowest BCUT2D eigenvalue weighted by molar-refractivity contribution is 0.155. The van der Waals surface area contributed by atoms with Crippen LogP contribution in [0.4, 0.5) is 5.95 Å². The van der Waals surface area contributed by atoms with Gasteiger partial charge in [-0.05, 0) is 24.8 Å². The molecule has 2 rings (SSSR count). The maximum Gasteiger partial charge on any atom is 0.252 e. The van der Waals surface area contributed by atoms with Crippen molar-refractivity contribution in [2.24, 2.45) is 0 Å². The minimum atomic E-state index is -0.263. The lowest BCUT2D eigenvalue weighted by atomic mass is 9.92. The van der Waals surface area contributed by atoms with Gasteiger partial charge in [-0.25, -0.2) is 4.98 Å². The number of hydrogen-bond donors (Lipinski definition) is 3. The predicted molar refractivity (Wildman–Crippen MR) is 88.1 cm³/mol. The first-order valence-corrected chi connectivity index (χ1v) is 7.71. The molecule has 0 bridgehead atoms. The Morgan fingerprint density at radius 3 is 2.68 bits per heavy atom. The number of H-pyrrole nitrogens is 1. The second kappa shape index (κ2) is 8.34. The molecule has 2 atom stereocenters. The van der Waals surface area contributed by atoms with Crippen LogP contribution in [-0.2, 0) is 0 Å². The molecule has 0 spiro atoms. The van der Waals surface area contributed by atoms with Crippen LogP contribution in [0.1, 0.15) is 37.7 Å². The molecule has 0 saturated heterocycles. The van der Waals surface area contributed by atoms with E-state index in [0.29, 0.717) is 12.5 Å². The fraction of sp³-hybridized carbons (Fsp3) is 0.412. The summed E-state index contributed by atoms with van der Waals surface area (Å²) in [6, 6.07) is 11.6. The van der Waals surface area contributed by atoms with Crippen molar-refractivity contribution in [3.8, 4) is 0 Å². The van der Waals surface area contributed by atoms with Crippen LogP contribution in [0.2, 0.25) is 0 Å². The second-order valence-corrected chi connectivity index (χ2v) is 5.41. The second-order valence-electron chi connectivity index (χ2n) is 5.41. The molecule has 0 aliphatic carbocycles. The van der Waals surface area contributed by atoms with E-state index in [9.17, 15) is 9.90 Å². The lowest BCUT2D eigenvalue weighted by Crippen LogP contribution is -2.18. The fourth-order valence-electron chi connectivity index (χ4n) is 2.39. The summed E-state index contributed by atoms with van der Waals surface area (Å²) < 4.78 is 0. The van der Waals surface area contributed by atoms with Crippen molar-refractivity contribution in [1.82, 2.24) is 9.97 Å². The summed E-state index contributed by atoms with van der Waals surface area (Å²) in [6.45, 7) is 2.65. The molecule has 1 aromatic carbocycles. The van der Waals surface area contributed by atoms with Crippen molar-refractivity contribution >= 4 is 5.95 Å². The number of anilines is 1. The summed E-state index contributed by atoms with van der Waals surface area (Å²) in [4.78, 5) is 18.1. The van der Waals surface area contributed by atoms with Crippen molar-refractivity contribution < 1.29 is 5.11 Å². The lowest BCUT2D eigenvalue weighted by Gasteiger charge is -2.19. The summed E-state index contributed by atoms with van der Waals surface area (Å²) in [5, 5.41) is 13.0. The summed E-state index contributed by atoms with van der Waals surface area (Å²) >= 11 is 0. The summed E-state index contributed by atoms with van der Waals surface area (Å²) in [5.41, 5.74) is 1.05. The highest BCUT2D eigenvalue weighted by Gasteiger charge is 2.13. The van der Waals surface area contributed by atoms with E-state index in [-0.39, 0.29) is 17.6 Å². The SMILES string of the molecule is CCC(O)CCC(CNc1nccc(=O)[nH]1)c1ccccc1. The zero-order chi connectivity index (χ0) is 15.8. The third kappa shape index (κ3) is 5.00. The number of aromatic amines is 1. The first-order chi connectivity index (χ1) is 10.7. The summed E-state index contributed by atoms with van der Waals surface area (Å²) in [7, 11) is 0. The van der Waals surface area contributed by atoms with Crippen LogP contribution < -0.4 is 10.9 Å². The standard InChI is InChI=1S/C17H23N3O2/c1-2-15(21)9-8-14(13-6-4-3-5-7-13)12-19-17-18-11-10-16(22)20-17/h3-7,10-11,14-15,21H,2,8-9,12H2,1H3,(H2,18,19,20,22). The Kier molecular flexibility index (Phi) is 6.15. The van der Waals surface area contributed by atoms with Crippen LogP contribution >= 0.6 is 0 Å². The van der Waals surface area contributed by atoms with Gasteiger partial charge in [-0.15, -0.1) is 0 Å². The van der Waals surface area contributed by atoms with Gasteiger partial charge in [0.15, 0.2) is 0 Å². The van der Waals surface area contributed by atoms with Gasteiger partial charge >= 0.3 is 0 Å². The molecule has 2 aromatic rings. The molecule has 0 aliphatic rings. The van der Waals surface area contributed by atoms with Gasteiger partial charge in [0.2, 0.25) is 5.95 Å². The minimum absolute atomic E-state index is 0.171. The van der Waals surface area contributed by atoms with Gasteiger partial charge in [-0.1, -0.05) is 37.3 Å². The van der Waals surface area contributed by atoms with Gasteiger partial charge in [-0.2, -0.15) is 0 Å². The third-order valence-corrected chi connectivity index (χ3v) is 3.78. The van der Waals surface area contributed by atoms with E-state index in [1.54, 1.807) is 0 Å². The van der Waals surface area contributed by atoms with Crippen LogP contribution in [0.25, 0.3) is 0 Å². The van der Waals surface area contributed by atoms with Crippen molar-refractivity contribution in [1.29, 1.82) is 0 Å². The van der Waals surface area contributed by atoms with E-state index in [1.807, 2.05) is 25.1 Å². The fourth-order valence-corrected chi connectivity index (χ4v) is 2.39. The van der Waals surface area contributed by atoms with Crippen molar-refractivity contribution in [3.05, 3.63) is 58.5 Å². The Labute approximate surface area is 130 Å². The van der Waals surface area contributed by atoms with E-state index in [0.717, 1.165) is 19.3 Å². The Balaban J connectivity index is 2.02. The highest BCUT2D eigenvalue weighted by molar-refractivity contribution is 5.26. The van der Waals surface area contributed by atoms with E-state index in [2.05, 4.69) is 27.4 Å². The van der Waals surface area contributed by atoms with Gasteiger partial charge in [0.25, 0.3) is 5.56 Å². The maximum absolute atomic E-state index is 11.3. The molecule has 3 N–H and O–H groups in total. The Morgan fingerprint density at radius 2 is 2.00 bits per heavy atom. The molecule has 0 saturated carbocycles. The average Bonchev–Trinajstić information content (AvgIpc) is 2.55. The molecule has 0 aliphatic heterocycles. The van der Waals surface area contributed by atoms with Gasteiger partial charge in [-0.3, -0.25) is 9.78 Å². The maximum atomic E-state index is 11.3. The number of hydrogen-bond acceptors (Lipinski definition) is 4. The quantitative estimate of drug-likeness (QED) is 0.700. The zero-order valence-corrected chi connectivity index (χ0v) is 12.8. The molecule has 22 heavy (non-hydrogen) atoms. The van der Waals surface area contributed by atoms with Crippen molar-refractivity contribution in [3.63, 3.8) is 0 Å². The minimum Gasteiger partial charge on any atom is -0.393 e. The van der Waals surface area contributed by atoms with Crippen LogP contribution in [0.3, 0.4) is 0 Å². The van der Waals surface area contributed by atoms with Crippen LogP contribution in [0.5, 0.6) is 0 Å². The van der Waals surface area contributed by atoms with Crippen LogP contribution in [-0.4, -0.2) is 27.7 Å². The van der Waals surface area contributed by atoms with Crippen LogP contribution in [0, 0.1) is 0 Å². The smallest absolute Gasteiger partial charge is 0.252 e. The summed E-state index contributed by atoms with van der Waals surface area (Å²) in [5.74, 6) is 0.734. The monoisotopic (exact) mass is 301 g/mol. The van der Waals surface area contributed by atoms with Gasteiger partial charge in [0.05, 0.1) is 6.10 Å². The third-order valence-electron chi connectivity index (χ3n) is 3.78. The predicted octanol–water partition coefficient (Wildman–Crippen LogP) is 2.52. The number of benzene rings is 1. The molecular weight excluding hydrogens is 278 g/mol. The van der Waals surface area contributed by atoms with E-state index >= 15 is 0 Å². The molecule has 5 nitrogen and oxygen atoms in total. The highest BCUT2D eigenvalue weighted by atomic mass is 16.3. The normalized spacial score (nSPS) is 13.5. The molecular formula is C17H23N3O2. The number of rotatable bonds is 8. The zero-order valence-electron chi connectivity index (χ0n) is 12.8. The molecule has 5 heteroatoms. The first kappa shape index (κ1) is 16.2. The van der Waals surface area contributed by atoms with E-state index in [4.69, 9.17) is 0 Å². The first-order valence-electron chi connectivity index (χ1n) is 7.71. The number of aromatic nitrogens is 2. The van der Waals surface area contributed by atoms with Crippen molar-refractivity contribution in [2.45, 2.75) is 38.2 Å². The molecule has 0 fully saturated rings. The topological polar surface area (TPSA) is 78.0 Å². The number of aliphatic hydroxyl groups excluding tert-OH is 1. The van der Waals surface area contributed by atoms with Gasteiger partial charge < -0.3 is 10.4 Å². The molecule has 0 radical (unpaired) electrons. The number of nitrogens with zero attached hydrogens (tertiary/aromatic N) is 1. The molecule has 0 amide bonds. The Bertz CT molecular complexity index is 613. The Morgan fingerprint density at radius 1 is 1.23 bits per heavy atom. The van der Waals surface area contributed by atoms with Crippen LogP contribution in [0.15, 0.2) is 47.4 Å². The Hall–Kier alpha value is -2.14. The van der Waals surface area contributed by atoms with Gasteiger partial charge in [0.1, 0.15) is 0 Å². The molecule has 118 valence electrons. The van der Waals surface area contributed by atoms with E-state index < -0.39 is 0 Å². The average molecular weight is 301 g/mol. The number of nitrogens with one attached hydrogen (secondary N) is 2. The van der Waals surface area contributed by atoms with Crippen molar-refractivity contribution in [2.75, 3.05) is 11.9 Å². The highest BCUT2D eigenvalue weighted by Crippen LogP contribution is 2.22. The molecule has 1 aromatic heterocycles. The number of aliphatic hydroxyl groups is 1. The molecule has 1 heterocycles. The van der Waals surface area contributed by atoms with Gasteiger partial charge in [0, 0.05) is 24.7 Å². The van der Waals surface area contributed by atoms with E-state index in [1.165, 1.54) is 17.8 Å².